The van der Waals surface area contributed by atoms with Crippen molar-refractivity contribution in [2.75, 3.05) is 45.8 Å². The van der Waals surface area contributed by atoms with Crippen molar-refractivity contribution in [3.05, 3.63) is 101 Å². The second-order valence-electron chi connectivity index (χ2n) is 11.7. The van der Waals surface area contributed by atoms with Crippen LogP contribution in [-0.2, 0) is 11.3 Å². The van der Waals surface area contributed by atoms with Gasteiger partial charge in [0, 0.05) is 63.5 Å². The molecule has 222 valence electrons. The summed E-state index contributed by atoms with van der Waals surface area (Å²) < 4.78 is 0. The Hall–Kier alpha value is -3.72. The fourth-order valence-electron chi connectivity index (χ4n) is 6.44. The summed E-state index contributed by atoms with van der Waals surface area (Å²) >= 11 is 0. The highest BCUT2D eigenvalue weighted by Crippen LogP contribution is 2.35. The number of aromatic hydroxyl groups is 1. The van der Waals surface area contributed by atoms with Gasteiger partial charge in [0.05, 0.1) is 12.6 Å². The van der Waals surface area contributed by atoms with Crippen LogP contribution < -0.4 is 0 Å². The predicted octanol–water partition coefficient (Wildman–Crippen LogP) is 4.31. The molecule has 0 saturated carbocycles. The molecule has 1 amide bonds. The molecule has 3 aromatic carbocycles. The summed E-state index contributed by atoms with van der Waals surface area (Å²) in [5.41, 5.74) is 3.95. The zero-order valence-corrected chi connectivity index (χ0v) is 24.6. The second kappa shape index (κ2) is 13.5. The SMILES string of the molecule is C[C@@H]1CN([C@@H](c2cccc(O)c2)c2cccc(C(=O)N3CCCN(CC(=O)O)CC3)c2)[C@@H](C)CN1Cc1ccccc1. The predicted molar refractivity (Wildman–Crippen MR) is 163 cm³/mol. The van der Waals surface area contributed by atoms with Crippen LogP contribution in [0.3, 0.4) is 0 Å². The number of carboxylic acid groups (broad SMARTS) is 1. The van der Waals surface area contributed by atoms with Crippen molar-refractivity contribution in [2.45, 2.75) is 44.9 Å². The molecule has 2 fully saturated rings. The third-order valence-electron chi connectivity index (χ3n) is 8.59. The zero-order valence-electron chi connectivity index (χ0n) is 24.6. The molecule has 8 nitrogen and oxygen atoms in total. The van der Waals surface area contributed by atoms with Crippen LogP contribution in [0.25, 0.3) is 0 Å². The Labute approximate surface area is 248 Å². The van der Waals surface area contributed by atoms with E-state index in [4.69, 9.17) is 0 Å². The Balaban J connectivity index is 1.39. The van der Waals surface area contributed by atoms with Crippen molar-refractivity contribution in [1.29, 1.82) is 0 Å². The van der Waals surface area contributed by atoms with Gasteiger partial charge in [-0.1, -0.05) is 54.6 Å². The van der Waals surface area contributed by atoms with Crippen molar-refractivity contribution in [3.63, 3.8) is 0 Å². The third-order valence-corrected chi connectivity index (χ3v) is 8.59. The minimum Gasteiger partial charge on any atom is -0.508 e. The van der Waals surface area contributed by atoms with E-state index in [1.54, 1.807) is 6.07 Å². The van der Waals surface area contributed by atoms with E-state index < -0.39 is 5.97 Å². The Morgan fingerprint density at radius 2 is 1.57 bits per heavy atom. The molecular formula is C34H42N4O4. The molecule has 0 spiro atoms. The number of carboxylic acids is 1. The lowest BCUT2D eigenvalue weighted by Gasteiger charge is -2.47. The Morgan fingerprint density at radius 1 is 0.833 bits per heavy atom. The highest BCUT2D eigenvalue weighted by molar-refractivity contribution is 5.94. The molecule has 3 aromatic rings. The molecule has 8 heteroatoms. The van der Waals surface area contributed by atoms with Crippen LogP contribution >= 0.6 is 0 Å². The fraction of sp³-hybridized carbons (Fsp3) is 0.412. The first-order valence-electron chi connectivity index (χ1n) is 14.9. The standard InChI is InChI=1S/C34H42N4O4/c1-25-22-38(26(2)21-37(25)23-27-9-4-3-5-10-27)33(29-12-7-14-31(39)20-29)28-11-6-13-30(19-28)34(42)36-16-8-15-35(17-18-36)24-32(40)41/h3-7,9-14,19-20,25-26,33,39H,8,15-18,21-24H2,1-2H3,(H,40,41)/t25-,26+,33-/m1/s1. The topological polar surface area (TPSA) is 87.6 Å². The van der Waals surface area contributed by atoms with Gasteiger partial charge in [-0.2, -0.15) is 0 Å². The quantitative estimate of drug-likeness (QED) is 0.417. The molecule has 2 N–H and O–H groups in total. The molecule has 0 radical (unpaired) electrons. The van der Waals surface area contributed by atoms with Crippen LogP contribution in [0.1, 0.15) is 53.4 Å². The number of phenols is 1. The highest BCUT2D eigenvalue weighted by Gasteiger charge is 2.35. The lowest BCUT2D eigenvalue weighted by molar-refractivity contribution is -0.138. The molecule has 2 heterocycles. The molecule has 0 aliphatic carbocycles. The number of piperazine rings is 1. The van der Waals surface area contributed by atoms with Gasteiger partial charge in [-0.05, 0) is 61.2 Å². The molecule has 0 bridgehead atoms. The number of hydrogen-bond acceptors (Lipinski definition) is 6. The summed E-state index contributed by atoms with van der Waals surface area (Å²) in [7, 11) is 0. The molecule has 0 aromatic heterocycles. The van der Waals surface area contributed by atoms with Gasteiger partial charge in [0.15, 0.2) is 0 Å². The minimum atomic E-state index is -0.843. The van der Waals surface area contributed by atoms with Crippen LogP contribution in [0.4, 0.5) is 0 Å². The van der Waals surface area contributed by atoms with Gasteiger partial charge in [-0.15, -0.1) is 0 Å². The average molecular weight is 571 g/mol. The van der Waals surface area contributed by atoms with E-state index in [-0.39, 0.29) is 30.3 Å². The zero-order chi connectivity index (χ0) is 29.6. The highest BCUT2D eigenvalue weighted by atomic mass is 16.4. The summed E-state index contributed by atoms with van der Waals surface area (Å²) in [5, 5.41) is 19.6. The van der Waals surface area contributed by atoms with Crippen molar-refractivity contribution >= 4 is 11.9 Å². The molecule has 2 saturated heterocycles. The molecule has 42 heavy (non-hydrogen) atoms. The largest absolute Gasteiger partial charge is 0.508 e. The van der Waals surface area contributed by atoms with E-state index >= 15 is 0 Å². The maximum atomic E-state index is 13.7. The number of carbonyl (C=O) groups excluding carboxylic acids is 1. The second-order valence-corrected chi connectivity index (χ2v) is 11.7. The van der Waals surface area contributed by atoms with Crippen molar-refractivity contribution in [2.24, 2.45) is 0 Å². The number of hydrogen-bond donors (Lipinski definition) is 2. The van der Waals surface area contributed by atoms with Gasteiger partial charge in [-0.25, -0.2) is 0 Å². The number of benzene rings is 3. The van der Waals surface area contributed by atoms with E-state index in [0.717, 1.165) is 37.2 Å². The first-order valence-corrected chi connectivity index (χ1v) is 14.9. The summed E-state index contributed by atoms with van der Waals surface area (Å²) in [5.74, 6) is -0.647. The number of phenolic OH excluding ortho intramolecular Hbond substituents is 1. The van der Waals surface area contributed by atoms with Gasteiger partial charge >= 0.3 is 5.97 Å². The van der Waals surface area contributed by atoms with Crippen LogP contribution in [0.2, 0.25) is 0 Å². The van der Waals surface area contributed by atoms with Crippen molar-refractivity contribution in [3.8, 4) is 5.75 Å². The van der Waals surface area contributed by atoms with Crippen LogP contribution in [0.5, 0.6) is 5.75 Å². The number of carbonyl (C=O) groups is 2. The molecule has 2 aliphatic heterocycles. The number of amides is 1. The van der Waals surface area contributed by atoms with Gasteiger partial charge in [0.25, 0.3) is 5.91 Å². The van der Waals surface area contributed by atoms with Gasteiger partial charge in [-0.3, -0.25) is 24.3 Å². The van der Waals surface area contributed by atoms with E-state index in [2.05, 4.69) is 60.0 Å². The van der Waals surface area contributed by atoms with Gasteiger partial charge in [0.2, 0.25) is 0 Å². The van der Waals surface area contributed by atoms with Crippen molar-refractivity contribution < 1.29 is 19.8 Å². The smallest absolute Gasteiger partial charge is 0.317 e. The Kier molecular flexibility index (Phi) is 9.57. The van der Waals surface area contributed by atoms with E-state index in [1.807, 2.05) is 46.2 Å². The third kappa shape index (κ3) is 7.18. The number of rotatable bonds is 8. The van der Waals surface area contributed by atoms with E-state index in [0.29, 0.717) is 37.8 Å². The summed E-state index contributed by atoms with van der Waals surface area (Å²) in [6.45, 7) is 9.51. The van der Waals surface area contributed by atoms with Crippen LogP contribution in [0, 0.1) is 0 Å². The number of nitrogens with zero attached hydrogens (tertiary/aromatic N) is 4. The average Bonchev–Trinajstić information content (AvgIpc) is 3.21. The van der Waals surface area contributed by atoms with Crippen LogP contribution in [0.15, 0.2) is 78.9 Å². The number of aliphatic carboxylic acids is 1. The van der Waals surface area contributed by atoms with E-state index in [1.165, 1.54) is 5.56 Å². The normalized spacial score (nSPS) is 21.5. The Morgan fingerprint density at radius 3 is 2.31 bits per heavy atom. The molecule has 5 rings (SSSR count). The molecule has 3 atom stereocenters. The maximum Gasteiger partial charge on any atom is 0.317 e. The Bertz CT molecular complexity index is 1370. The molecule has 0 unspecified atom stereocenters. The summed E-state index contributed by atoms with van der Waals surface area (Å²) in [6, 6.07) is 26.4. The lowest BCUT2D eigenvalue weighted by Crippen LogP contribution is -2.56. The monoisotopic (exact) mass is 570 g/mol. The molecule has 2 aliphatic rings. The summed E-state index contributed by atoms with van der Waals surface area (Å²) in [6.07, 6.45) is 0.743. The first-order chi connectivity index (χ1) is 20.3. The first kappa shape index (κ1) is 29.8. The van der Waals surface area contributed by atoms with Crippen molar-refractivity contribution in [1.82, 2.24) is 19.6 Å². The van der Waals surface area contributed by atoms with Gasteiger partial charge < -0.3 is 15.1 Å². The lowest BCUT2D eigenvalue weighted by atomic mass is 9.92. The van der Waals surface area contributed by atoms with E-state index in [9.17, 15) is 19.8 Å². The van der Waals surface area contributed by atoms with Crippen LogP contribution in [-0.4, -0.2) is 99.6 Å². The minimum absolute atomic E-state index is 0.00165. The fourth-order valence-corrected chi connectivity index (χ4v) is 6.44. The maximum absolute atomic E-state index is 13.7. The summed E-state index contributed by atoms with van der Waals surface area (Å²) in [4.78, 5) is 33.6. The molecular weight excluding hydrogens is 528 g/mol. The van der Waals surface area contributed by atoms with Gasteiger partial charge in [0.1, 0.15) is 5.75 Å².